The van der Waals surface area contributed by atoms with Crippen LogP contribution in [-0.4, -0.2) is 53.2 Å². The van der Waals surface area contributed by atoms with Gasteiger partial charge in [-0.25, -0.2) is 0 Å². The summed E-state index contributed by atoms with van der Waals surface area (Å²) >= 11 is 0. The molecule has 2 aromatic carbocycles. The van der Waals surface area contributed by atoms with Crippen LogP contribution in [0.15, 0.2) is 48.5 Å². The fraction of sp³-hybridized carbons (Fsp3) is 0.517. The van der Waals surface area contributed by atoms with E-state index in [4.69, 9.17) is 9.57 Å². The number of amides is 1. The molecule has 196 valence electrons. The van der Waals surface area contributed by atoms with Crippen molar-refractivity contribution < 1.29 is 24.3 Å². The SMILES string of the molecule is CON1C(C)(C)CC(CCCCNC(=O)COc2ccc(C(=O)c3ccccc3)c(O)c2)CC1(C)C. The van der Waals surface area contributed by atoms with Gasteiger partial charge in [0.2, 0.25) is 0 Å². The number of benzene rings is 2. The first-order valence-corrected chi connectivity index (χ1v) is 12.7. The molecule has 1 saturated heterocycles. The van der Waals surface area contributed by atoms with Crippen LogP contribution < -0.4 is 10.1 Å². The summed E-state index contributed by atoms with van der Waals surface area (Å²) in [4.78, 5) is 30.4. The minimum Gasteiger partial charge on any atom is -0.507 e. The van der Waals surface area contributed by atoms with Crippen LogP contribution in [0.25, 0.3) is 0 Å². The number of hydrogen-bond donors (Lipinski definition) is 2. The van der Waals surface area contributed by atoms with Gasteiger partial charge < -0.3 is 20.0 Å². The Morgan fingerprint density at radius 2 is 1.69 bits per heavy atom. The van der Waals surface area contributed by atoms with Crippen LogP contribution in [0, 0.1) is 5.92 Å². The number of piperidine rings is 1. The van der Waals surface area contributed by atoms with Crippen molar-refractivity contribution in [1.82, 2.24) is 10.4 Å². The van der Waals surface area contributed by atoms with Gasteiger partial charge in [-0.1, -0.05) is 43.2 Å². The lowest BCUT2D eigenvalue weighted by atomic mass is 9.73. The van der Waals surface area contributed by atoms with Gasteiger partial charge in [0, 0.05) is 29.3 Å². The predicted molar refractivity (Wildman–Crippen MR) is 140 cm³/mol. The summed E-state index contributed by atoms with van der Waals surface area (Å²) in [5.74, 6) is 0.303. The molecule has 7 nitrogen and oxygen atoms in total. The molecule has 0 spiro atoms. The van der Waals surface area contributed by atoms with Crippen molar-refractivity contribution in [2.24, 2.45) is 5.92 Å². The molecule has 0 aromatic heterocycles. The second-order valence-electron chi connectivity index (χ2n) is 10.9. The number of carbonyl (C=O) groups excluding carboxylic acids is 2. The average molecular weight is 497 g/mol. The van der Waals surface area contributed by atoms with Gasteiger partial charge in [0.25, 0.3) is 5.91 Å². The molecule has 1 aliphatic heterocycles. The maximum absolute atomic E-state index is 12.5. The largest absolute Gasteiger partial charge is 0.507 e. The van der Waals surface area contributed by atoms with Gasteiger partial charge in [-0.2, -0.15) is 5.06 Å². The first-order chi connectivity index (χ1) is 17.0. The number of nitrogens with one attached hydrogen (secondary N) is 1. The summed E-state index contributed by atoms with van der Waals surface area (Å²) in [7, 11) is 1.75. The molecule has 0 saturated carbocycles. The average Bonchev–Trinajstić information content (AvgIpc) is 2.81. The molecule has 1 amide bonds. The molecule has 2 aromatic rings. The van der Waals surface area contributed by atoms with Crippen LogP contribution in [0.5, 0.6) is 11.5 Å². The Balaban J connectivity index is 1.37. The zero-order valence-corrected chi connectivity index (χ0v) is 22.2. The topological polar surface area (TPSA) is 88.1 Å². The van der Waals surface area contributed by atoms with Crippen molar-refractivity contribution in [2.45, 2.75) is 70.9 Å². The second-order valence-corrected chi connectivity index (χ2v) is 10.9. The van der Waals surface area contributed by atoms with Gasteiger partial charge in [0.1, 0.15) is 11.5 Å². The maximum atomic E-state index is 12.5. The van der Waals surface area contributed by atoms with E-state index >= 15 is 0 Å². The van der Waals surface area contributed by atoms with Crippen LogP contribution in [-0.2, 0) is 9.63 Å². The predicted octanol–water partition coefficient (Wildman–Crippen LogP) is 5.12. The van der Waals surface area contributed by atoms with Crippen molar-refractivity contribution in [3.05, 3.63) is 59.7 Å². The zero-order valence-electron chi connectivity index (χ0n) is 22.2. The molecule has 0 aliphatic carbocycles. The maximum Gasteiger partial charge on any atom is 0.257 e. The number of rotatable bonds is 11. The quantitative estimate of drug-likeness (QED) is 0.332. The smallest absolute Gasteiger partial charge is 0.257 e. The lowest BCUT2D eigenvalue weighted by Gasteiger charge is -2.53. The number of aromatic hydroxyl groups is 1. The van der Waals surface area contributed by atoms with E-state index in [0.29, 0.717) is 23.8 Å². The second kappa shape index (κ2) is 11.9. The van der Waals surface area contributed by atoms with Crippen LogP contribution in [0.4, 0.5) is 0 Å². The van der Waals surface area contributed by atoms with Gasteiger partial charge in [0.15, 0.2) is 12.4 Å². The number of ketones is 1. The van der Waals surface area contributed by atoms with E-state index in [2.05, 4.69) is 38.1 Å². The Morgan fingerprint density at radius 3 is 2.31 bits per heavy atom. The molecular formula is C29H40N2O5. The number of phenols is 1. The van der Waals surface area contributed by atoms with E-state index in [1.807, 2.05) is 6.07 Å². The molecular weight excluding hydrogens is 456 g/mol. The van der Waals surface area contributed by atoms with E-state index in [1.165, 1.54) is 12.1 Å². The Morgan fingerprint density at radius 1 is 1.03 bits per heavy atom. The normalized spacial score (nSPS) is 17.5. The van der Waals surface area contributed by atoms with E-state index in [0.717, 1.165) is 32.1 Å². The Hall–Kier alpha value is -2.90. The summed E-state index contributed by atoms with van der Waals surface area (Å²) in [5.41, 5.74) is 0.675. The van der Waals surface area contributed by atoms with E-state index in [1.54, 1.807) is 37.4 Å². The highest BCUT2D eigenvalue weighted by Gasteiger charge is 2.45. The van der Waals surface area contributed by atoms with Crippen molar-refractivity contribution in [3.8, 4) is 11.5 Å². The molecule has 1 fully saturated rings. The molecule has 1 aliphatic rings. The van der Waals surface area contributed by atoms with Crippen molar-refractivity contribution in [2.75, 3.05) is 20.3 Å². The number of phenolic OH excluding ortho intramolecular Hbond substituents is 1. The Labute approximate surface area is 214 Å². The zero-order chi connectivity index (χ0) is 26.3. The van der Waals surface area contributed by atoms with Crippen LogP contribution >= 0.6 is 0 Å². The molecule has 0 radical (unpaired) electrons. The first-order valence-electron chi connectivity index (χ1n) is 12.7. The summed E-state index contributed by atoms with van der Waals surface area (Å²) in [5, 5.41) is 15.3. The molecule has 2 N–H and O–H groups in total. The lowest BCUT2D eigenvalue weighted by molar-refractivity contribution is -0.272. The van der Waals surface area contributed by atoms with Gasteiger partial charge in [-0.3, -0.25) is 9.59 Å². The van der Waals surface area contributed by atoms with E-state index in [-0.39, 0.29) is 40.7 Å². The highest BCUT2D eigenvalue weighted by Crippen LogP contribution is 2.42. The van der Waals surface area contributed by atoms with E-state index < -0.39 is 0 Å². The standard InChI is InChI=1S/C29H40N2O5/c1-28(2)18-21(19-29(3,4)31(28)35-5)11-9-10-16-30-26(33)20-36-23-14-15-24(25(32)17-23)27(34)22-12-7-6-8-13-22/h6-8,12-15,17,21,32H,9-11,16,18-20H2,1-5H3,(H,30,33). The Bertz CT molecular complexity index is 1020. The fourth-order valence-corrected chi connectivity index (χ4v) is 5.69. The summed E-state index contributed by atoms with van der Waals surface area (Å²) < 4.78 is 5.51. The lowest BCUT2D eigenvalue weighted by Crippen LogP contribution is -2.59. The molecule has 0 atom stereocenters. The van der Waals surface area contributed by atoms with Gasteiger partial charge >= 0.3 is 0 Å². The van der Waals surface area contributed by atoms with Gasteiger partial charge in [-0.15, -0.1) is 0 Å². The molecule has 3 rings (SSSR count). The first kappa shape index (κ1) is 27.7. The molecule has 0 bridgehead atoms. The minimum absolute atomic E-state index is 0.00576. The van der Waals surface area contributed by atoms with Crippen LogP contribution in [0.1, 0.15) is 75.7 Å². The molecule has 1 heterocycles. The van der Waals surface area contributed by atoms with Gasteiger partial charge in [-0.05, 0) is 65.0 Å². The number of unbranched alkanes of at least 4 members (excludes halogenated alkanes) is 1. The fourth-order valence-electron chi connectivity index (χ4n) is 5.69. The molecule has 36 heavy (non-hydrogen) atoms. The van der Waals surface area contributed by atoms with Crippen LogP contribution in [0.2, 0.25) is 0 Å². The monoisotopic (exact) mass is 496 g/mol. The number of hydrogen-bond acceptors (Lipinski definition) is 6. The summed E-state index contributed by atoms with van der Waals surface area (Å²) in [6.45, 7) is 9.39. The highest BCUT2D eigenvalue weighted by molar-refractivity contribution is 6.10. The molecule has 0 unspecified atom stereocenters. The number of carbonyl (C=O) groups is 2. The van der Waals surface area contributed by atoms with Crippen molar-refractivity contribution in [3.63, 3.8) is 0 Å². The summed E-state index contributed by atoms with van der Waals surface area (Å²) in [6.07, 6.45) is 5.27. The summed E-state index contributed by atoms with van der Waals surface area (Å²) in [6, 6.07) is 13.2. The van der Waals surface area contributed by atoms with Crippen LogP contribution in [0.3, 0.4) is 0 Å². The van der Waals surface area contributed by atoms with Crippen molar-refractivity contribution >= 4 is 11.7 Å². The third kappa shape index (κ3) is 7.08. The third-order valence-corrected chi connectivity index (χ3v) is 6.84. The molecule has 7 heteroatoms. The highest BCUT2D eigenvalue weighted by atomic mass is 16.7. The van der Waals surface area contributed by atoms with Crippen molar-refractivity contribution in [1.29, 1.82) is 0 Å². The number of ether oxygens (including phenoxy) is 1. The minimum atomic E-state index is -0.270. The van der Waals surface area contributed by atoms with Gasteiger partial charge in [0.05, 0.1) is 12.7 Å². The van der Waals surface area contributed by atoms with E-state index in [9.17, 15) is 14.7 Å². The number of nitrogens with zero attached hydrogens (tertiary/aromatic N) is 1. The number of hydroxylamine groups is 2. The Kier molecular flexibility index (Phi) is 9.14. The third-order valence-electron chi connectivity index (χ3n) is 6.84.